The highest BCUT2D eigenvalue weighted by Gasteiger charge is 2.09. The van der Waals surface area contributed by atoms with E-state index in [1.54, 1.807) is 0 Å². The van der Waals surface area contributed by atoms with Gasteiger partial charge in [0.2, 0.25) is 0 Å². The third-order valence-corrected chi connectivity index (χ3v) is 1.81. The predicted octanol–water partition coefficient (Wildman–Crippen LogP) is 1.38. The molecule has 0 aliphatic carbocycles. The number of rotatable bonds is 4. The van der Waals surface area contributed by atoms with Crippen LogP contribution >= 0.6 is 0 Å². The molecule has 1 rings (SSSR count). The summed E-state index contributed by atoms with van der Waals surface area (Å²) < 4.78 is 23.6. The number of hydrogen-bond acceptors (Lipinski definition) is 2. The summed E-state index contributed by atoms with van der Waals surface area (Å²) in [5, 5.41) is 10.6. The van der Waals surface area contributed by atoms with Gasteiger partial charge in [-0.3, -0.25) is 4.79 Å². The third-order valence-electron chi connectivity index (χ3n) is 1.81. The van der Waals surface area contributed by atoms with Crippen molar-refractivity contribution in [3.8, 4) is 0 Å². The topological polar surface area (TPSA) is 66.4 Å². The maximum absolute atomic E-state index is 11.8. The molecule has 16 heavy (non-hydrogen) atoms. The first-order chi connectivity index (χ1) is 7.50. The minimum absolute atomic E-state index is 0.0328. The average Bonchev–Trinajstić information content (AvgIpc) is 2.26. The Morgan fingerprint density at radius 2 is 1.69 bits per heavy atom. The second-order valence-electron chi connectivity index (χ2n) is 2.98. The number of alkyl halides is 2. The first kappa shape index (κ1) is 12.1. The summed E-state index contributed by atoms with van der Waals surface area (Å²) in [5.41, 5.74) is 0.177. The molecule has 0 aliphatic rings. The number of carboxylic acid groups (broad SMARTS) is 1. The van der Waals surface area contributed by atoms with E-state index in [0.29, 0.717) is 0 Å². The van der Waals surface area contributed by atoms with Crippen LogP contribution in [0.3, 0.4) is 0 Å². The van der Waals surface area contributed by atoms with Crippen molar-refractivity contribution in [2.24, 2.45) is 0 Å². The van der Waals surface area contributed by atoms with Crippen LogP contribution < -0.4 is 5.32 Å². The van der Waals surface area contributed by atoms with Crippen LogP contribution in [-0.4, -0.2) is 30.0 Å². The Hall–Kier alpha value is -1.98. The average molecular weight is 229 g/mol. The molecule has 0 unspecified atom stereocenters. The van der Waals surface area contributed by atoms with Crippen LogP contribution in [0.2, 0.25) is 0 Å². The Labute approximate surface area is 89.9 Å². The number of carbonyl (C=O) groups is 2. The molecule has 0 fully saturated rings. The van der Waals surface area contributed by atoms with Crippen molar-refractivity contribution in [2.75, 3.05) is 6.54 Å². The molecule has 0 saturated heterocycles. The lowest BCUT2D eigenvalue weighted by atomic mass is 10.1. The molecule has 4 nitrogen and oxygen atoms in total. The van der Waals surface area contributed by atoms with Crippen LogP contribution in [0, 0.1) is 0 Å². The van der Waals surface area contributed by atoms with Crippen LogP contribution in [-0.2, 0) is 0 Å². The van der Waals surface area contributed by atoms with E-state index in [4.69, 9.17) is 5.11 Å². The molecule has 1 aromatic carbocycles. The molecule has 1 aromatic rings. The number of carbonyl (C=O) groups excluding carboxylic acids is 1. The van der Waals surface area contributed by atoms with Crippen molar-refractivity contribution in [3.05, 3.63) is 35.4 Å². The zero-order valence-electron chi connectivity index (χ0n) is 8.11. The monoisotopic (exact) mass is 229 g/mol. The van der Waals surface area contributed by atoms with Crippen molar-refractivity contribution >= 4 is 11.9 Å². The Bertz CT molecular complexity index is 390. The fraction of sp³-hybridized carbons (Fsp3) is 0.200. The van der Waals surface area contributed by atoms with Gasteiger partial charge >= 0.3 is 5.97 Å². The van der Waals surface area contributed by atoms with E-state index in [1.165, 1.54) is 24.3 Å². The fourth-order valence-electron chi connectivity index (χ4n) is 1.04. The van der Waals surface area contributed by atoms with E-state index in [1.807, 2.05) is 5.32 Å². The molecular weight excluding hydrogens is 220 g/mol. The summed E-state index contributed by atoms with van der Waals surface area (Å²) in [7, 11) is 0. The fourth-order valence-corrected chi connectivity index (χ4v) is 1.04. The SMILES string of the molecule is O=C(O)c1ccc(C(=O)NCC(F)F)cc1. The van der Waals surface area contributed by atoms with Gasteiger partial charge in [0, 0.05) is 5.56 Å². The highest BCUT2D eigenvalue weighted by atomic mass is 19.3. The lowest BCUT2D eigenvalue weighted by Crippen LogP contribution is -2.28. The molecule has 0 bridgehead atoms. The van der Waals surface area contributed by atoms with Crippen LogP contribution in [0.4, 0.5) is 8.78 Å². The van der Waals surface area contributed by atoms with E-state index in [2.05, 4.69) is 0 Å². The van der Waals surface area contributed by atoms with Crippen molar-refractivity contribution in [1.29, 1.82) is 0 Å². The molecular formula is C10H9F2NO3. The summed E-state index contributed by atoms with van der Waals surface area (Å²) in [6, 6.07) is 5.01. The van der Waals surface area contributed by atoms with Gasteiger partial charge in [0.15, 0.2) is 0 Å². The van der Waals surface area contributed by atoms with Gasteiger partial charge in [0.05, 0.1) is 12.1 Å². The molecule has 6 heteroatoms. The van der Waals surface area contributed by atoms with Crippen LogP contribution in [0.25, 0.3) is 0 Å². The van der Waals surface area contributed by atoms with Gasteiger partial charge in [0.25, 0.3) is 12.3 Å². The molecule has 0 radical (unpaired) electrons. The number of nitrogens with one attached hydrogen (secondary N) is 1. The van der Waals surface area contributed by atoms with Gasteiger partial charge in [-0.15, -0.1) is 0 Å². The third kappa shape index (κ3) is 3.30. The highest BCUT2D eigenvalue weighted by Crippen LogP contribution is 2.04. The molecule has 0 atom stereocenters. The van der Waals surface area contributed by atoms with E-state index in [9.17, 15) is 18.4 Å². The van der Waals surface area contributed by atoms with E-state index >= 15 is 0 Å². The normalized spacial score (nSPS) is 10.2. The van der Waals surface area contributed by atoms with Crippen molar-refractivity contribution < 1.29 is 23.5 Å². The zero-order chi connectivity index (χ0) is 12.1. The van der Waals surface area contributed by atoms with Crippen molar-refractivity contribution in [2.45, 2.75) is 6.43 Å². The first-order valence-corrected chi connectivity index (χ1v) is 4.40. The number of halogens is 2. The van der Waals surface area contributed by atoms with Crippen molar-refractivity contribution in [1.82, 2.24) is 5.32 Å². The predicted molar refractivity (Wildman–Crippen MR) is 51.7 cm³/mol. The lowest BCUT2D eigenvalue weighted by Gasteiger charge is -2.04. The van der Waals surface area contributed by atoms with Gasteiger partial charge in [-0.2, -0.15) is 0 Å². The van der Waals surface area contributed by atoms with Gasteiger partial charge in [-0.1, -0.05) is 0 Å². The van der Waals surface area contributed by atoms with Gasteiger partial charge in [-0.25, -0.2) is 13.6 Å². The molecule has 0 aliphatic heterocycles. The van der Waals surface area contributed by atoms with Crippen LogP contribution in [0.1, 0.15) is 20.7 Å². The smallest absolute Gasteiger partial charge is 0.335 e. The van der Waals surface area contributed by atoms with Gasteiger partial charge in [-0.05, 0) is 24.3 Å². The van der Waals surface area contributed by atoms with E-state index < -0.39 is 24.8 Å². The number of carboxylic acids is 1. The number of benzene rings is 1. The van der Waals surface area contributed by atoms with Crippen LogP contribution in [0.15, 0.2) is 24.3 Å². The maximum Gasteiger partial charge on any atom is 0.335 e. The Balaban J connectivity index is 2.67. The first-order valence-electron chi connectivity index (χ1n) is 4.40. The molecule has 0 saturated carbocycles. The summed E-state index contributed by atoms with van der Waals surface area (Å²) >= 11 is 0. The standard InChI is InChI=1S/C10H9F2NO3/c11-8(12)5-13-9(14)6-1-3-7(4-2-6)10(15)16/h1-4,8H,5H2,(H,13,14)(H,15,16). The summed E-state index contributed by atoms with van der Waals surface area (Å²) in [6.45, 7) is -0.723. The van der Waals surface area contributed by atoms with Crippen LogP contribution in [0.5, 0.6) is 0 Å². The Morgan fingerprint density at radius 1 is 1.19 bits per heavy atom. The van der Waals surface area contributed by atoms with Crippen molar-refractivity contribution in [3.63, 3.8) is 0 Å². The quantitative estimate of drug-likeness (QED) is 0.819. The molecule has 0 aromatic heterocycles. The number of hydrogen-bond donors (Lipinski definition) is 2. The second-order valence-corrected chi connectivity index (χ2v) is 2.98. The van der Waals surface area contributed by atoms with Gasteiger partial charge < -0.3 is 10.4 Å². The largest absolute Gasteiger partial charge is 0.478 e. The lowest BCUT2D eigenvalue weighted by molar-refractivity contribution is 0.0696. The summed E-state index contributed by atoms with van der Waals surface area (Å²) in [6.07, 6.45) is -2.61. The second kappa shape index (κ2) is 5.20. The Morgan fingerprint density at radius 3 is 2.12 bits per heavy atom. The molecule has 86 valence electrons. The zero-order valence-corrected chi connectivity index (χ0v) is 8.11. The van der Waals surface area contributed by atoms with E-state index in [0.717, 1.165) is 0 Å². The van der Waals surface area contributed by atoms with E-state index in [-0.39, 0.29) is 11.1 Å². The molecule has 1 amide bonds. The molecule has 0 spiro atoms. The Kier molecular flexibility index (Phi) is 3.93. The van der Waals surface area contributed by atoms with Gasteiger partial charge in [0.1, 0.15) is 0 Å². The summed E-state index contributed by atoms with van der Waals surface area (Å²) in [5.74, 6) is -1.77. The minimum Gasteiger partial charge on any atom is -0.478 e. The molecule has 0 heterocycles. The maximum atomic E-state index is 11.8. The highest BCUT2D eigenvalue weighted by molar-refractivity contribution is 5.95. The number of aromatic carboxylic acids is 1. The minimum atomic E-state index is -2.61. The molecule has 2 N–H and O–H groups in total. The number of amides is 1. The summed E-state index contributed by atoms with van der Waals surface area (Å²) in [4.78, 5) is 21.7.